The molecule has 3 heterocycles. The van der Waals surface area contributed by atoms with Crippen molar-refractivity contribution < 1.29 is 0 Å². The molecule has 31 heavy (non-hydrogen) atoms. The second kappa shape index (κ2) is 8.10. The van der Waals surface area contributed by atoms with Crippen LogP contribution in [0.1, 0.15) is 35.9 Å². The molecule has 0 amide bonds. The zero-order chi connectivity index (χ0) is 21.2. The fourth-order valence-corrected chi connectivity index (χ4v) is 3.94. The van der Waals surface area contributed by atoms with E-state index in [0.29, 0.717) is 5.82 Å². The highest BCUT2D eigenvalue weighted by atomic mass is 15.5. The van der Waals surface area contributed by atoms with Crippen LogP contribution in [0.5, 0.6) is 0 Å². The summed E-state index contributed by atoms with van der Waals surface area (Å²) in [6.07, 6.45) is 4.70. The number of nitrogens with one attached hydrogen (secondary N) is 1. The van der Waals surface area contributed by atoms with Crippen LogP contribution in [-0.2, 0) is 12.8 Å². The number of H-pyrrole nitrogens is 1. The molecule has 0 bridgehead atoms. The zero-order valence-electron chi connectivity index (χ0n) is 17.6. The van der Waals surface area contributed by atoms with Crippen LogP contribution in [0.4, 0.5) is 0 Å². The highest BCUT2D eigenvalue weighted by Gasteiger charge is 2.14. The van der Waals surface area contributed by atoms with E-state index < -0.39 is 0 Å². The Morgan fingerprint density at radius 1 is 1.00 bits per heavy atom. The third kappa shape index (κ3) is 3.70. The van der Waals surface area contributed by atoms with Gasteiger partial charge in [0.15, 0.2) is 5.65 Å². The van der Waals surface area contributed by atoms with E-state index in [-0.39, 0.29) is 0 Å². The summed E-state index contributed by atoms with van der Waals surface area (Å²) >= 11 is 0. The average Bonchev–Trinajstić information content (AvgIpc) is 3.43. The van der Waals surface area contributed by atoms with E-state index >= 15 is 0 Å². The van der Waals surface area contributed by atoms with Crippen molar-refractivity contribution in [1.82, 2.24) is 35.2 Å². The molecule has 5 aromatic rings. The summed E-state index contributed by atoms with van der Waals surface area (Å²) < 4.78 is 1.98. The van der Waals surface area contributed by atoms with Crippen molar-refractivity contribution in [2.45, 2.75) is 33.1 Å². The Labute approximate surface area is 180 Å². The van der Waals surface area contributed by atoms with E-state index in [0.717, 1.165) is 58.6 Å². The van der Waals surface area contributed by atoms with Crippen LogP contribution in [0.3, 0.4) is 0 Å². The fourth-order valence-electron chi connectivity index (χ4n) is 3.94. The van der Waals surface area contributed by atoms with E-state index in [2.05, 4.69) is 69.0 Å². The monoisotopic (exact) mass is 409 g/mol. The first kappa shape index (κ1) is 19.1. The lowest BCUT2D eigenvalue weighted by Crippen LogP contribution is -2.01. The third-order valence-corrected chi connectivity index (χ3v) is 5.43. The summed E-state index contributed by atoms with van der Waals surface area (Å²) in [6.45, 7) is 4.23. The third-order valence-electron chi connectivity index (χ3n) is 5.43. The van der Waals surface area contributed by atoms with Crippen molar-refractivity contribution >= 4 is 5.65 Å². The lowest BCUT2D eigenvalue weighted by molar-refractivity contribution is 0.829. The van der Waals surface area contributed by atoms with Gasteiger partial charge in [0.2, 0.25) is 5.82 Å². The zero-order valence-corrected chi connectivity index (χ0v) is 17.6. The van der Waals surface area contributed by atoms with E-state index in [9.17, 15) is 0 Å². The molecule has 3 aromatic heterocycles. The van der Waals surface area contributed by atoms with Crippen LogP contribution in [0.15, 0.2) is 60.8 Å². The van der Waals surface area contributed by atoms with Crippen LogP contribution < -0.4 is 0 Å². The minimum Gasteiger partial charge on any atom is -0.232 e. The van der Waals surface area contributed by atoms with E-state index in [1.807, 2.05) is 35.8 Å². The number of hydrogen-bond donors (Lipinski definition) is 1. The molecule has 7 nitrogen and oxygen atoms in total. The minimum absolute atomic E-state index is 0.594. The number of imidazole rings is 1. The van der Waals surface area contributed by atoms with Gasteiger partial charge >= 0.3 is 0 Å². The first-order valence-electron chi connectivity index (χ1n) is 10.5. The molecule has 0 unspecified atom stereocenters. The standard InChI is InChI=1S/C24H23N7/c1-3-6-21-22(31-23(26-21)13-16(2)15-25-31)14-17-9-11-18(12-10-17)19-7-4-5-8-20(19)24-27-29-30-28-24/h4-5,7-13,15H,3,6,14H2,1-2H3,(H,27,28,29,30). The van der Waals surface area contributed by atoms with Gasteiger partial charge in [-0.25, -0.2) is 9.50 Å². The SMILES string of the molecule is CCCc1nc2cc(C)cnn2c1Cc1ccc(-c2ccccc2-c2nn[nH]n2)cc1. The molecule has 2 aromatic carbocycles. The Bertz CT molecular complexity index is 1320. The number of benzene rings is 2. The van der Waals surface area contributed by atoms with Crippen molar-refractivity contribution in [3.05, 3.63) is 83.3 Å². The number of aromatic nitrogens is 7. The molecule has 1 N–H and O–H groups in total. The van der Waals surface area contributed by atoms with Crippen LogP contribution in [0.2, 0.25) is 0 Å². The van der Waals surface area contributed by atoms with Crippen molar-refractivity contribution in [3.8, 4) is 22.5 Å². The predicted molar refractivity (Wildman–Crippen MR) is 120 cm³/mol. The molecule has 7 heteroatoms. The molecule has 0 aliphatic heterocycles. The number of tetrazole rings is 1. The second-order valence-electron chi connectivity index (χ2n) is 7.71. The number of nitrogens with zero attached hydrogens (tertiary/aromatic N) is 6. The summed E-state index contributed by atoms with van der Waals surface area (Å²) in [4.78, 5) is 4.84. The minimum atomic E-state index is 0.594. The molecule has 0 fully saturated rings. The maximum Gasteiger partial charge on any atom is 0.205 e. The first-order chi connectivity index (χ1) is 15.2. The van der Waals surface area contributed by atoms with Gasteiger partial charge in [0.25, 0.3) is 0 Å². The number of hydrogen-bond acceptors (Lipinski definition) is 5. The highest BCUT2D eigenvalue weighted by Crippen LogP contribution is 2.30. The van der Waals surface area contributed by atoms with Gasteiger partial charge in [0.1, 0.15) is 0 Å². The largest absolute Gasteiger partial charge is 0.232 e. The van der Waals surface area contributed by atoms with Gasteiger partial charge in [0, 0.05) is 12.0 Å². The summed E-state index contributed by atoms with van der Waals surface area (Å²) in [5.41, 5.74) is 8.71. The molecule has 0 radical (unpaired) electrons. The maximum atomic E-state index is 4.84. The molecular formula is C24H23N7. The highest BCUT2D eigenvalue weighted by molar-refractivity contribution is 5.80. The molecule has 5 rings (SSSR count). The Hall–Kier alpha value is -3.87. The maximum absolute atomic E-state index is 4.84. The Balaban J connectivity index is 1.48. The van der Waals surface area contributed by atoms with Crippen LogP contribution in [-0.4, -0.2) is 35.2 Å². The summed E-state index contributed by atoms with van der Waals surface area (Å²) in [7, 11) is 0. The lowest BCUT2D eigenvalue weighted by Gasteiger charge is -2.09. The molecule has 0 atom stereocenters. The summed E-state index contributed by atoms with van der Waals surface area (Å²) in [6, 6.07) is 18.8. The normalized spacial score (nSPS) is 11.3. The van der Waals surface area contributed by atoms with Crippen molar-refractivity contribution in [3.63, 3.8) is 0 Å². The summed E-state index contributed by atoms with van der Waals surface area (Å²) in [5, 5.41) is 19.1. The van der Waals surface area contributed by atoms with Gasteiger partial charge in [-0.05, 0) is 46.9 Å². The molecule has 0 spiro atoms. The fraction of sp³-hybridized carbons (Fsp3) is 0.208. The van der Waals surface area contributed by atoms with Crippen LogP contribution >= 0.6 is 0 Å². The molecule has 154 valence electrons. The number of fused-ring (bicyclic) bond motifs is 1. The number of aromatic amines is 1. The van der Waals surface area contributed by atoms with E-state index in [4.69, 9.17) is 4.98 Å². The average molecular weight is 409 g/mol. The Morgan fingerprint density at radius 3 is 2.55 bits per heavy atom. The smallest absolute Gasteiger partial charge is 0.205 e. The van der Waals surface area contributed by atoms with Gasteiger partial charge in [-0.1, -0.05) is 61.9 Å². The number of rotatable bonds is 6. The topological polar surface area (TPSA) is 84.6 Å². The van der Waals surface area contributed by atoms with Gasteiger partial charge in [-0.2, -0.15) is 10.3 Å². The van der Waals surface area contributed by atoms with Crippen molar-refractivity contribution in [2.75, 3.05) is 0 Å². The lowest BCUT2D eigenvalue weighted by atomic mass is 9.97. The Morgan fingerprint density at radius 2 is 1.81 bits per heavy atom. The second-order valence-corrected chi connectivity index (χ2v) is 7.71. The van der Waals surface area contributed by atoms with Crippen molar-refractivity contribution in [1.29, 1.82) is 0 Å². The molecule has 0 saturated carbocycles. The first-order valence-corrected chi connectivity index (χ1v) is 10.5. The van der Waals surface area contributed by atoms with Crippen LogP contribution in [0, 0.1) is 6.92 Å². The van der Waals surface area contributed by atoms with E-state index in [1.54, 1.807) is 0 Å². The molecule has 0 aliphatic carbocycles. The van der Waals surface area contributed by atoms with Gasteiger partial charge in [0.05, 0.1) is 17.6 Å². The van der Waals surface area contributed by atoms with Crippen molar-refractivity contribution in [2.24, 2.45) is 0 Å². The molecular weight excluding hydrogens is 386 g/mol. The van der Waals surface area contributed by atoms with E-state index in [1.165, 1.54) is 5.56 Å². The molecule has 0 aliphatic rings. The summed E-state index contributed by atoms with van der Waals surface area (Å²) in [5.74, 6) is 0.594. The van der Waals surface area contributed by atoms with Gasteiger partial charge in [-0.15, -0.1) is 10.2 Å². The molecule has 0 saturated heterocycles. The quantitative estimate of drug-likeness (QED) is 0.448. The van der Waals surface area contributed by atoms with Crippen LogP contribution in [0.25, 0.3) is 28.2 Å². The Kier molecular flexibility index (Phi) is 5.00. The van der Waals surface area contributed by atoms with Gasteiger partial charge in [-0.3, -0.25) is 0 Å². The number of aryl methyl sites for hydroxylation is 2. The predicted octanol–water partition coefficient (Wildman–Crippen LogP) is 4.43. The van der Waals surface area contributed by atoms with Gasteiger partial charge < -0.3 is 0 Å².